The number of nitrogens with zero attached hydrogens (tertiary/aromatic N) is 6. The topological polar surface area (TPSA) is 263 Å². The molecule has 2 heterocycles. The summed E-state index contributed by atoms with van der Waals surface area (Å²) in [5.74, 6) is 10.5. The Hall–Kier alpha value is -4.19. The molecule has 3 aromatic rings. The monoisotopic (exact) mass is 463 g/mol. The van der Waals surface area contributed by atoms with Crippen molar-refractivity contribution < 1.29 is 22.6 Å². The first kappa shape index (κ1) is 22.5. The average Bonchev–Trinajstić information content (AvgIpc) is 2.75. The molecule has 4 amide bonds. The summed E-state index contributed by atoms with van der Waals surface area (Å²) in [6.45, 7) is 0.112. The average molecular weight is 463 g/mol. The fourth-order valence-corrected chi connectivity index (χ4v) is 2.90. The molecule has 168 valence electrons. The molecule has 0 aliphatic carbocycles. The molecule has 0 radical (unpaired) electrons. The van der Waals surface area contributed by atoms with Crippen LogP contribution in [0.15, 0.2) is 35.4 Å². The van der Waals surface area contributed by atoms with Crippen LogP contribution < -0.4 is 38.5 Å². The first-order valence-electron chi connectivity index (χ1n) is 8.51. The molecule has 0 atom stereocenters. The molecule has 0 aliphatic rings. The quantitative estimate of drug-likeness (QED) is 0.109. The number of carbonyl (C=O) groups excluding carboxylic acids is 2. The first-order valence-corrected chi connectivity index (χ1v) is 9.95. The highest BCUT2D eigenvalue weighted by atomic mass is 32.2. The Morgan fingerprint density at radius 3 is 2.19 bits per heavy atom. The molecule has 10 N–H and O–H groups in total. The van der Waals surface area contributed by atoms with E-state index in [1.807, 2.05) is 0 Å². The number of amides is 4. The predicted molar refractivity (Wildman–Crippen MR) is 111 cm³/mol. The molecule has 0 bridgehead atoms. The van der Waals surface area contributed by atoms with Gasteiger partial charge in [0, 0.05) is 5.69 Å². The number of nitrogens with one attached hydrogen (secondary N) is 1. The van der Waals surface area contributed by atoms with Crippen LogP contribution in [0.5, 0.6) is 0 Å². The fraction of sp³-hybridized carbons (Fsp3) is 0.0667. The zero-order valence-electron chi connectivity index (χ0n) is 16.1. The molecule has 3 rings (SSSR count). The normalized spacial score (nSPS) is 11.2. The van der Waals surface area contributed by atoms with Crippen molar-refractivity contribution in [2.75, 3.05) is 15.3 Å². The van der Waals surface area contributed by atoms with Gasteiger partial charge in [0.1, 0.15) is 0 Å². The van der Waals surface area contributed by atoms with E-state index in [1.54, 1.807) is 0 Å². The summed E-state index contributed by atoms with van der Waals surface area (Å²) in [5, 5.41) is 3.87. The van der Waals surface area contributed by atoms with Gasteiger partial charge in [0.05, 0.1) is 23.3 Å². The summed E-state index contributed by atoms with van der Waals surface area (Å²) in [6.07, 6.45) is 1.35. The lowest BCUT2D eigenvalue weighted by atomic mass is 10.3. The van der Waals surface area contributed by atoms with Gasteiger partial charge < -0.3 is 16.8 Å². The zero-order chi connectivity index (χ0) is 23.6. The van der Waals surface area contributed by atoms with Crippen LogP contribution in [0.3, 0.4) is 0 Å². The smallest absolute Gasteiger partial charge is 0.336 e. The Balaban J connectivity index is 1.94. The number of urea groups is 2. The van der Waals surface area contributed by atoms with Crippen LogP contribution in [0, 0.1) is 0 Å². The molecule has 16 nitrogen and oxygen atoms in total. The summed E-state index contributed by atoms with van der Waals surface area (Å²) < 4.78 is 31.2. The molecule has 32 heavy (non-hydrogen) atoms. The van der Waals surface area contributed by atoms with Crippen LogP contribution in [-0.2, 0) is 16.7 Å². The van der Waals surface area contributed by atoms with E-state index in [0.29, 0.717) is 21.4 Å². The summed E-state index contributed by atoms with van der Waals surface area (Å²) >= 11 is 0. The highest BCUT2D eigenvalue weighted by Crippen LogP contribution is 2.22. The number of hydrogen-bond acceptors (Lipinski definition) is 11. The SMILES string of the molecule is NC(=O)N(N)c1nc(N(N)C(N)=O)c2nc(CNc3ccc(S(=O)(=O)O)cc3)cnc2n1. The Labute approximate surface area is 179 Å². The van der Waals surface area contributed by atoms with Gasteiger partial charge in [-0.1, -0.05) is 0 Å². The third kappa shape index (κ3) is 4.75. The highest BCUT2D eigenvalue weighted by molar-refractivity contribution is 7.85. The van der Waals surface area contributed by atoms with Crippen molar-refractivity contribution in [1.29, 1.82) is 0 Å². The highest BCUT2D eigenvalue weighted by Gasteiger charge is 2.21. The molecule has 0 fully saturated rings. The molecule has 1 aromatic carbocycles. The third-order valence-corrected chi connectivity index (χ3v) is 4.84. The van der Waals surface area contributed by atoms with Crippen LogP contribution in [0.2, 0.25) is 0 Å². The van der Waals surface area contributed by atoms with Gasteiger partial charge in [0.25, 0.3) is 16.1 Å². The van der Waals surface area contributed by atoms with Crippen molar-refractivity contribution in [1.82, 2.24) is 19.9 Å². The maximum Gasteiger partial charge on any atom is 0.336 e. The number of anilines is 3. The second-order valence-corrected chi connectivity index (χ2v) is 7.57. The van der Waals surface area contributed by atoms with Gasteiger partial charge in [-0.15, -0.1) is 0 Å². The molecule has 0 aliphatic heterocycles. The fourth-order valence-electron chi connectivity index (χ4n) is 2.42. The lowest BCUT2D eigenvalue weighted by Gasteiger charge is -2.18. The van der Waals surface area contributed by atoms with Crippen molar-refractivity contribution in [2.24, 2.45) is 23.2 Å². The second kappa shape index (κ2) is 8.51. The van der Waals surface area contributed by atoms with Crippen molar-refractivity contribution in [3.8, 4) is 0 Å². The molecule has 0 spiro atoms. The van der Waals surface area contributed by atoms with E-state index < -0.39 is 28.1 Å². The number of aromatic nitrogens is 4. The molecular weight excluding hydrogens is 446 g/mol. The lowest BCUT2D eigenvalue weighted by molar-refractivity contribution is 0.253. The number of hydrazine groups is 2. The van der Waals surface area contributed by atoms with E-state index in [1.165, 1.54) is 30.5 Å². The summed E-state index contributed by atoms with van der Waals surface area (Å²) in [5.41, 5.74) is 11.1. The summed E-state index contributed by atoms with van der Waals surface area (Å²) in [4.78, 5) is 38.9. The lowest BCUT2D eigenvalue weighted by Crippen LogP contribution is -2.45. The van der Waals surface area contributed by atoms with Gasteiger partial charge in [-0.25, -0.2) is 36.3 Å². The molecule has 0 saturated carbocycles. The number of nitrogens with two attached hydrogens (primary N) is 4. The molecule has 0 saturated heterocycles. The Morgan fingerprint density at radius 2 is 1.62 bits per heavy atom. The first-order chi connectivity index (χ1) is 15.0. The summed E-state index contributed by atoms with van der Waals surface area (Å²) in [7, 11) is -4.31. The Bertz CT molecular complexity index is 1300. The Kier molecular flexibility index (Phi) is 5.98. The predicted octanol–water partition coefficient (Wildman–Crippen LogP) is -1.20. The van der Waals surface area contributed by atoms with Crippen LogP contribution in [0.1, 0.15) is 5.69 Å². The van der Waals surface area contributed by atoms with Crippen molar-refractivity contribution >= 4 is 50.8 Å². The summed E-state index contributed by atoms with van der Waals surface area (Å²) in [6, 6.07) is 3.15. The van der Waals surface area contributed by atoms with Gasteiger partial charge >= 0.3 is 12.1 Å². The van der Waals surface area contributed by atoms with E-state index in [9.17, 15) is 18.0 Å². The minimum atomic E-state index is -4.31. The van der Waals surface area contributed by atoms with E-state index >= 15 is 0 Å². The van der Waals surface area contributed by atoms with Gasteiger partial charge in [-0.3, -0.25) is 4.55 Å². The molecular formula is C15H17N11O5S. The number of benzene rings is 1. The van der Waals surface area contributed by atoms with E-state index in [2.05, 4.69) is 25.3 Å². The van der Waals surface area contributed by atoms with Crippen LogP contribution in [0.4, 0.5) is 27.0 Å². The van der Waals surface area contributed by atoms with Crippen LogP contribution in [-0.4, -0.2) is 45.0 Å². The van der Waals surface area contributed by atoms with Crippen molar-refractivity contribution in [3.05, 3.63) is 36.2 Å². The van der Waals surface area contributed by atoms with E-state index in [4.69, 9.17) is 27.7 Å². The van der Waals surface area contributed by atoms with Crippen molar-refractivity contribution in [3.63, 3.8) is 0 Å². The van der Waals surface area contributed by atoms with Crippen LogP contribution in [0.25, 0.3) is 11.2 Å². The number of fused-ring (bicyclic) bond motifs is 1. The van der Waals surface area contributed by atoms with E-state index in [0.717, 1.165) is 0 Å². The van der Waals surface area contributed by atoms with Gasteiger partial charge in [-0.2, -0.15) is 23.4 Å². The number of hydrogen-bond donors (Lipinski definition) is 6. The number of rotatable bonds is 6. The minimum Gasteiger partial charge on any atom is -0.379 e. The van der Waals surface area contributed by atoms with Crippen molar-refractivity contribution in [2.45, 2.75) is 11.4 Å². The maximum atomic E-state index is 11.6. The van der Waals surface area contributed by atoms with E-state index in [-0.39, 0.29) is 28.4 Å². The third-order valence-electron chi connectivity index (χ3n) is 3.97. The molecule has 2 aromatic heterocycles. The largest absolute Gasteiger partial charge is 0.379 e. The molecule has 0 unspecified atom stereocenters. The van der Waals surface area contributed by atoms with Gasteiger partial charge in [0.15, 0.2) is 17.0 Å². The van der Waals surface area contributed by atoms with Crippen LogP contribution >= 0.6 is 0 Å². The van der Waals surface area contributed by atoms with Gasteiger partial charge in [-0.05, 0) is 24.3 Å². The second-order valence-electron chi connectivity index (χ2n) is 6.15. The number of primary amides is 2. The number of carbonyl (C=O) groups is 2. The standard InChI is InChI=1S/C15H17N11O5S/c16-13(27)25(18)12-10-11(23-15(24-12)26(19)14(17)28)21-6-8(22-10)5-20-7-1-3-9(4-2-7)32(29,30)31/h1-4,6,20H,5,18-19H2,(H2,16,27)(H2,17,28)(H,29,30,31). The Morgan fingerprint density at radius 1 is 1.00 bits per heavy atom. The van der Waals surface area contributed by atoms with Gasteiger partial charge in [0.2, 0.25) is 0 Å². The minimum absolute atomic E-state index is 0.0195. The molecule has 17 heteroatoms. The maximum absolute atomic E-state index is 11.6. The zero-order valence-corrected chi connectivity index (χ0v) is 16.9.